The minimum atomic E-state index is -1.41. The van der Waals surface area contributed by atoms with E-state index in [2.05, 4.69) is 16.0 Å². The van der Waals surface area contributed by atoms with E-state index in [4.69, 9.17) is 5.11 Å². The Hall–Kier alpha value is -2.24. The molecule has 1 aliphatic rings. The van der Waals surface area contributed by atoms with Gasteiger partial charge in [0, 0.05) is 0 Å². The molecule has 4 atom stereocenters. The highest BCUT2D eigenvalue weighted by atomic mass is 16.4. The van der Waals surface area contributed by atoms with Gasteiger partial charge in [-0.15, -0.1) is 0 Å². The van der Waals surface area contributed by atoms with Gasteiger partial charge in [-0.2, -0.15) is 0 Å². The molecule has 25 heavy (non-hydrogen) atoms. The number of aliphatic hydroxyl groups excluding tert-OH is 2. The molecule has 1 heterocycles. The summed E-state index contributed by atoms with van der Waals surface area (Å²) in [7, 11) is 0. The lowest BCUT2D eigenvalue weighted by Gasteiger charge is -2.24. The van der Waals surface area contributed by atoms with Crippen molar-refractivity contribution in [3.05, 3.63) is 0 Å². The van der Waals surface area contributed by atoms with Crippen LogP contribution in [0.3, 0.4) is 0 Å². The second-order valence-corrected chi connectivity index (χ2v) is 5.73. The molecule has 1 aliphatic heterocycles. The van der Waals surface area contributed by atoms with Crippen molar-refractivity contribution in [3.8, 4) is 0 Å². The number of rotatable bonds is 9. The predicted octanol–water partition coefficient (Wildman–Crippen LogP) is -3.72. The molecule has 142 valence electrons. The van der Waals surface area contributed by atoms with Gasteiger partial charge in [0.25, 0.3) is 0 Å². The van der Waals surface area contributed by atoms with E-state index in [1.807, 2.05) is 5.32 Å². The molecule has 4 unspecified atom stereocenters. The van der Waals surface area contributed by atoms with Crippen LogP contribution in [0.15, 0.2) is 0 Å². The van der Waals surface area contributed by atoms with E-state index in [0.29, 0.717) is 13.0 Å². The first-order chi connectivity index (χ1) is 11.8. The van der Waals surface area contributed by atoms with Crippen LogP contribution in [0.2, 0.25) is 0 Å². The molecule has 1 rings (SSSR count). The maximum absolute atomic E-state index is 12.2. The number of aliphatic carboxylic acids is 1. The number of hydrogen-bond donors (Lipinski definition) is 7. The quantitative estimate of drug-likeness (QED) is 0.219. The van der Waals surface area contributed by atoms with E-state index in [1.54, 1.807) is 0 Å². The van der Waals surface area contributed by atoms with Gasteiger partial charge >= 0.3 is 5.97 Å². The van der Waals surface area contributed by atoms with Crippen LogP contribution in [-0.2, 0) is 19.2 Å². The average Bonchev–Trinajstić information content (AvgIpc) is 3.09. The Morgan fingerprint density at radius 2 is 1.88 bits per heavy atom. The second kappa shape index (κ2) is 9.91. The standard InChI is InChI=1S/C14H24N4O7/c1-7(20)11(18-13(24)8-3-2-4-15-8)14(25)17-9(6-19)12(23)16-5-10(21)22/h7-9,11,15,19-20H,2-6H2,1H3,(H,16,23)(H,17,25)(H,18,24)(H,21,22). The lowest BCUT2D eigenvalue weighted by atomic mass is 10.1. The van der Waals surface area contributed by atoms with Crippen molar-refractivity contribution in [1.82, 2.24) is 21.3 Å². The molecule has 0 bridgehead atoms. The summed E-state index contributed by atoms with van der Waals surface area (Å²) in [6.07, 6.45) is 0.184. The number of carboxylic acid groups (broad SMARTS) is 1. The van der Waals surface area contributed by atoms with Gasteiger partial charge < -0.3 is 36.6 Å². The van der Waals surface area contributed by atoms with E-state index in [-0.39, 0.29) is 0 Å². The SMILES string of the molecule is CC(O)C(NC(=O)C1CCCN1)C(=O)NC(CO)C(=O)NCC(=O)O. The average molecular weight is 360 g/mol. The number of amides is 3. The summed E-state index contributed by atoms with van der Waals surface area (Å²) in [6, 6.07) is -3.19. The van der Waals surface area contributed by atoms with Gasteiger partial charge in [-0.1, -0.05) is 0 Å². The number of carbonyl (C=O) groups is 4. The third kappa shape index (κ3) is 6.64. The summed E-state index contributed by atoms with van der Waals surface area (Å²) < 4.78 is 0. The molecule has 0 radical (unpaired) electrons. The van der Waals surface area contributed by atoms with E-state index in [1.165, 1.54) is 6.92 Å². The Balaban J connectivity index is 2.65. The highest BCUT2D eigenvalue weighted by Crippen LogP contribution is 2.06. The van der Waals surface area contributed by atoms with Gasteiger partial charge in [0.1, 0.15) is 18.6 Å². The lowest BCUT2D eigenvalue weighted by molar-refractivity contribution is -0.139. The van der Waals surface area contributed by atoms with E-state index < -0.39 is 61.1 Å². The summed E-state index contributed by atoms with van der Waals surface area (Å²) in [4.78, 5) is 46.5. The van der Waals surface area contributed by atoms with Crippen molar-refractivity contribution in [3.63, 3.8) is 0 Å². The zero-order valence-electron chi connectivity index (χ0n) is 13.8. The smallest absolute Gasteiger partial charge is 0.322 e. The van der Waals surface area contributed by atoms with Crippen molar-refractivity contribution >= 4 is 23.7 Å². The Bertz CT molecular complexity index is 505. The summed E-state index contributed by atoms with van der Waals surface area (Å²) in [6.45, 7) is 0.530. The highest BCUT2D eigenvalue weighted by molar-refractivity contribution is 5.94. The van der Waals surface area contributed by atoms with Gasteiger partial charge in [-0.05, 0) is 26.3 Å². The first kappa shape index (κ1) is 20.8. The molecule has 3 amide bonds. The predicted molar refractivity (Wildman–Crippen MR) is 84.3 cm³/mol. The van der Waals surface area contributed by atoms with E-state index in [9.17, 15) is 29.4 Å². The van der Waals surface area contributed by atoms with Gasteiger partial charge in [0.05, 0.1) is 18.8 Å². The largest absolute Gasteiger partial charge is 0.480 e. The molecule has 7 N–H and O–H groups in total. The molecule has 11 heteroatoms. The Labute approximate surface area is 144 Å². The normalized spacial score (nSPS) is 20.2. The van der Waals surface area contributed by atoms with Crippen LogP contribution in [0.25, 0.3) is 0 Å². The molecule has 0 aromatic rings. The molecule has 1 saturated heterocycles. The monoisotopic (exact) mass is 360 g/mol. The zero-order chi connectivity index (χ0) is 19.0. The van der Waals surface area contributed by atoms with E-state index in [0.717, 1.165) is 6.42 Å². The molecule has 0 spiro atoms. The van der Waals surface area contributed by atoms with Crippen molar-refractivity contribution in [2.45, 2.75) is 44.0 Å². The summed E-state index contributed by atoms with van der Waals surface area (Å²) in [5.41, 5.74) is 0. The fourth-order valence-electron chi connectivity index (χ4n) is 2.31. The van der Waals surface area contributed by atoms with Gasteiger partial charge in [0.2, 0.25) is 17.7 Å². The number of aliphatic hydroxyl groups is 2. The molecule has 0 aliphatic carbocycles. The van der Waals surface area contributed by atoms with Crippen molar-refractivity contribution in [2.75, 3.05) is 19.7 Å². The summed E-state index contributed by atoms with van der Waals surface area (Å²) >= 11 is 0. The highest BCUT2D eigenvalue weighted by Gasteiger charge is 2.32. The topological polar surface area (TPSA) is 177 Å². The number of nitrogens with one attached hydrogen (secondary N) is 4. The molecular formula is C14H24N4O7. The number of carbonyl (C=O) groups excluding carboxylic acids is 3. The van der Waals surface area contributed by atoms with Crippen molar-refractivity contribution < 1.29 is 34.5 Å². The lowest BCUT2D eigenvalue weighted by Crippen LogP contribution is -2.59. The van der Waals surface area contributed by atoms with Crippen LogP contribution >= 0.6 is 0 Å². The summed E-state index contributed by atoms with van der Waals surface area (Å²) in [5, 5.41) is 37.0. The van der Waals surface area contributed by atoms with Crippen LogP contribution in [0.4, 0.5) is 0 Å². The molecule has 0 saturated carbocycles. The van der Waals surface area contributed by atoms with Gasteiger partial charge in [0.15, 0.2) is 0 Å². The van der Waals surface area contributed by atoms with Crippen molar-refractivity contribution in [2.24, 2.45) is 0 Å². The molecule has 0 aromatic heterocycles. The van der Waals surface area contributed by atoms with Gasteiger partial charge in [-0.25, -0.2) is 0 Å². The first-order valence-electron chi connectivity index (χ1n) is 7.88. The van der Waals surface area contributed by atoms with Crippen LogP contribution in [-0.4, -0.2) is 82.9 Å². The zero-order valence-corrected chi connectivity index (χ0v) is 13.8. The summed E-state index contributed by atoms with van der Waals surface area (Å²) in [5.74, 6) is -3.50. The minimum absolute atomic E-state index is 0.450. The van der Waals surface area contributed by atoms with Crippen molar-refractivity contribution in [1.29, 1.82) is 0 Å². The maximum Gasteiger partial charge on any atom is 0.322 e. The van der Waals surface area contributed by atoms with Crippen LogP contribution < -0.4 is 21.3 Å². The fraction of sp³-hybridized carbons (Fsp3) is 0.714. The number of hydrogen-bond acceptors (Lipinski definition) is 7. The molecular weight excluding hydrogens is 336 g/mol. The third-order valence-corrected chi connectivity index (χ3v) is 3.67. The second-order valence-electron chi connectivity index (χ2n) is 5.73. The van der Waals surface area contributed by atoms with Gasteiger partial charge in [-0.3, -0.25) is 19.2 Å². The first-order valence-corrected chi connectivity index (χ1v) is 7.88. The van der Waals surface area contributed by atoms with E-state index >= 15 is 0 Å². The Kier molecular flexibility index (Phi) is 8.25. The third-order valence-electron chi connectivity index (χ3n) is 3.67. The molecule has 1 fully saturated rings. The Morgan fingerprint density at radius 3 is 2.36 bits per heavy atom. The fourth-order valence-corrected chi connectivity index (χ4v) is 2.31. The minimum Gasteiger partial charge on any atom is -0.480 e. The maximum atomic E-state index is 12.2. The van der Waals surface area contributed by atoms with Crippen LogP contribution in [0, 0.1) is 0 Å². The molecule has 0 aromatic carbocycles. The van der Waals surface area contributed by atoms with Crippen LogP contribution in [0.5, 0.6) is 0 Å². The molecule has 11 nitrogen and oxygen atoms in total. The number of carboxylic acids is 1. The van der Waals surface area contributed by atoms with Crippen LogP contribution in [0.1, 0.15) is 19.8 Å². The Morgan fingerprint density at radius 1 is 1.20 bits per heavy atom.